The van der Waals surface area contributed by atoms with E-state index in [1.165, 1.54) is 51.4 Å². The minimum absolute atomic E-state index is 0.404. The molecule has 8 unspecified atom stereocenters. The van der Waals surface area contributed by atoms with Crippen LogP contribution in [0.4, 0.5) is 0 Å². The molecule has 0 heterocycles. The van der Waals surface area contributed by atoms with E-state index in [-0.39, 0.29) is 0 Å². The molecule has 0 bridgehead atoms. The highest BCUT2D eigenvalue weighted by molar-refractivity contribution is 4.96. The van der Waals surface area contributed by atoms with Gasteiger partial charge in [-0.25, -0.2) is 0 Å². The molecule has 2 N–H and O–H groups in total. The molecule has 0 spiro atoms. The van der Waals surface area contributed by atoms with E-state index in [2.05, 4.69) is 20.8 Å². The fourth-order valence-corrected chi connectivity index (χ4v) is 7.32. The summed E-state index contributed by atoms with van der Waals surface area (Å²) in [5.74, 6) is 5.93. The van der Waals surface area contributed by atoms with Crippen LogP contribution in [0.5, 0.6) is 0 Å². The number of rotatable bonds is 4. The fourth-order valence-electron chi connectivity index (χ4n) is 7.32. The van der Waals surface area contributed by atoms with Crippen LogP contribution in [0.25, 0.3) is 0 Å². The Morgan fingerprint density at radius 3 is 2.43 bits per heavy atom. The van der Waals surface area contributed by atoms with Crippen molar-refractivity contribution in [1.82, 2.24) is 0 Å². The molecular weight excluding hydrogens is 344 g/mol. The summed E-state index contributed by atoms with van der Waals surface area (Å²) >= 11 is 0. The second kappa shape index (κ2) is 8.96. The van der Waals surface area contributed by atoms with Gasteiger partial charge in [0.1, 0.15) is 0 Å². The molecule has 3 aliphatic carbocycles. The molecule has 0 amide bonds. The summed E-state index contributed by atoms with van der Waals surface area (Å²) < 4.78 is 0. The normalized spacial score (nSPS) is 43.8. The Balaban J connectivity index is 1.63. The Kier molecular flexibility index (Phi) is 7.24. The van der Waals surface area contributed by atoms with Crippen molar-refractivity contribution in [2.75, 3.05) is 0 Å². The topological polar surface area (TPSA) is 40.5 Å². The first-order valence-corrected chi connectivity index (χ1v) is 12.5. The van der Waals surface area contributed by atoms with Gasteiger partial charge >= 0.3 is 0 Å². The van der Waals surface area contributed by atoms with Gasteiger partial charge in [-0.15, -0.1) is 0 Å². The minimum atomic E-state index is -0.522. The summed E-state index contributed by atoms with van der Waals surface area (Å²) in [5, 5.41) is 20.7. The number of aliphatic hydroxyl groups is 2. The lowest BCUT2D eigenvalue weighted by atomic mass is 9.56. The molecule has 2 nitrogen and oxygen atoms in total. The van der Waals surface area contributed by atoms with Crippen LogP contribution < -0.4 is 0 Å². The zero-order chi connectivity index (χ0) is 20.5. The predicted molar refractivity (Wildman–Crippen MR) is 118 cm³/mol. The molecule has 0 aromatic carbocycles. The molecule has 3 fully saturated rings. The van der Waals surface area contributed by atoms with Crippen LogP contribution in [0.1, 0.15) is 112 Å². The molecule has 0 aromatic heterocycles. The highest BCUT2D eigenvalue weighted by Crippen LogP contribution is 2.53. The number of hydrogen-bond donors (Lipinski definition) is 2. The molecule has 8 atom stereocenters. The Hall–Kier alpha value is -0.0800. The third kappa shape index (κ3) is 5.75. The van der Waals surface area contributed by atoms with Gasteiger partial charge in [0.2, 0.25) is 0 Å². The standard InChI is InChI=1S/C26H48O2/c1-18(13-15-25(3,4)27)20-7-6-8-24-22(19(2)9-10-20)12-11-21-17-26(5,28)16-14-23(21)24/h18-24,27-28H,6-17H2,1-5H3. The van der Waals surface area contributed by atoms with E-state index in [1.54, 1.807) is 0 Å². The smallest absolute Gasteiger partial charge is 0.0622 e. The summed E-state index contributed by atoms with van der Waals surface area (Å²) in [6.07, 6.45) is 15.2. The van der Waals surface area contributed by atoms with E-state index < -0.39 is 11.2 Å². The lowest BCUT2D eigenvalue weighted by Gasteiger charge is -2.50. The van der Waals surface area contributed by atoms with E-state index in [0.717, 1.165) is 67.1 Å². The summed E-state index contributed by atoms with van der Waals surface area (Å²) in [6, 6.07) is 0. The molecular formula is C26H48O2. The quantitative estimate of drug-likeness (QED) is 0.567. The molecule has 3 saturated carbocycles. The fraction of sp³-hybridized carbons (Fsp3) is 1.00. The van der Waals surface area contributed by atoms with Gasteiger partial charge in [0.15, 0.2) is 0 Å². The largest absolute Gasteiger partial charge is 0.390 e. The monoisotopic (exact) mass is 392 g/mol. The first-order chi connectivity index (χ1) is 13.1. The van der Waals surface area contributed by atoms with Crippen LogP contribution in [0.2, 0.25) is 0 Å². The third-order valence-corrected chi connectivity index (χ3v) is 9.15. The lowest BCUT2D eigenvalue weighted by molar-refractivity contribution is -0.0668. The molecule has 0 aromatic rings. The van der Waals surface area contributed by atoms with E-state index in [4.69, 9.17) is 0 Å². The maximum absolute atomic E-state index is 10.6. The average Bonchev–Trinajstić information content (AvgIpc) is 2.67. The Labute approximate surface area is 174 Å². The van der Waals surface area contributed by atoms with Crippen molar-refractivity contribution >= 4 is 0 Å². The van der Waals surface area contributed by atoms with Gasteiger partial charge in [-0.1, -0.05) is 33.1 Å². The summed E-state index contributed by atoms with van der Waals surface area (Å²) in [7, 11) is 0. The van der Waals surface area contributed by atoms with Gasteiger partial charge in [-0.2, -0.15) is 0 Å². The molecule has 3 rings (SSSR count). The number of fused-ring (bicyclic) bond motifs is 3. The maximum Gasteiger partial charge on any atom is 0.0622 e. The zero-order valence-corrected chi connectivity index (χ0v) is 19.4. The maximum atomic E-state index is 10.6. The second-order valence-electron chi connectivity index (χ2n) is 12.1. The zero-order valence-electron chi connectivity index (χ0n) is 19.4. The molecule has 0 radical (unpaired) electrons. The first kappa shape index (κ1) is 22.6. The predicted octanol–water partition coefficient (Wildman–Crippen LogP) is 6.58. The van der Waals surface area contributed by atoms with Crippen molar-refractivity contribution in [3.8, 4) is 0 Å². The van der Waals surface area contributed by atoms with E-state index in [1.807, 2.05) is 13.8 Å². The van der Waals surface area contributed by atoms with Crippen molar-refractivity contribution in [3.05, 3.63) is 0 Å². The van der Waals surface area contributed by atoms with E-state index in [0.29, 0.717) is 0 Å². The van der Waals surface area contributed by atoms with Gasteiger partial charge in [0.05, 0.1) is 11.2 Å². The third-order valence-electron chi connectivity index (χ3n) is 9.15. The van der Waals surface area contributed by atoms with Gasteiger partial charge in [-0.05, 0) is 120 Å². The average molecular weight is 393 g/mol. The van der Waals surface area contributed by atoms with Crippen LogP contribution in [0, 0.1) is 41.4 Å². The molecule has 28 heavy (non-hydrogen) atoms. The summed E-state index contributed by atoms with van der Waals surface area (Å²) in [4.78, 5) is 0. The SMILES string of the molecule is CC(CCC(C)(C)O)C1CCCC2C(CCC3CC(C)(O)CCC32)C(C)CC1. The summed E-state index contributed by atoms with van der Waals surface area (Å²) in [5.41, 5.74) is -0.925. The van der Waals surface area contributed by atoms with Gasteiger partial charge in [0, 0.05) is 0 Å². The first-order valence-electron chi connectivity index (χ1n) is 12.5. The molecule has 3 aliphatic rings. The van der Waals surface area contributed by atoms with Crippen LogP contribution in [0.15, 0.2) is 0 Å². The molecule has 0 aliphatic heterocycles. The van der Waals surface area contributed by atoms with E-state index >= 15 is 0 Å². The molecule has 0 saturated heterocycles. The van der Waals surface area contributed by atoms with E-state index in [9.17, 15) is 10.2 Å². The minimum Gasteiger partial charge on any atom is -0.390 e. The lowest BCUT2D eigenvalue weighted by Crippen LogP contribution is -2.45. The van der Waals surface area contributed by atoms with Gasteiger partial charge in [-0.3, -0.25) is 0 Å². The van der Waals surface area contributed by atoms with Crippen molar-refractivity contribution in [2.24, 2.45) is 41.4 Å². The molecule has 2 heteroatoms. The van der Waals surface area contributed by atoms with Crippen molar-refractivity contribution < 1.29 is 10.2 Å². The number of hydrogen-bond acceptors (Lipinski definition) is 2. The van der Waals surface area contributed by atoms with Crippen molar-refractivity contribution in [2.45, 2.75) is 123 Å². The summed E-state index contributed by atoms with van der Waals surface area (Å²) in [6.45, 7) is 11.0. The highest BCUT2D eigenvalue weighted by atomic mass is 16.3. The highest BCUT2D eigenvalue weighted by Gasteiger charge is 2.46. The van der Waals surface area contributed by atoms with Gasteiger partial charge in [0.25, 0.3) is 0 Å². The van der Waals surface area contributed by atoms with Crippen LogP contribution in [0.3, 0.4) is 0 Å². The van der Waals surface area contributed by atoms with Crippen LogP contribution in [-0.4, -0.2) is 21.4 Å². The van der Waals surface area contributed by atoms with Crippen LogP contribution >= 0.6 is 0 Å². The Morgan fingerprint density at radius 1 is 0.964 bits per heavy atom. The van der Waals surface area contributed by atoms with Crippen molar-refractivity contribution in [1.29, 1.82) is 0 Å². The second-order valence-corrected chi connectivity index (χ2v) is 12.1. The van der Waals surface area contributed by atoms with Gasteiger partial charge < -0.3 is 10.2 Å². The molecule has 164 valence electrons. The van der Waals surface area contributed by atoms with Crippen molar-refractivity contribution in [3.63, 3.8) is 0 Å². The Morgan fingerprint density at radius 2 is 1.71 bits per heavy atom. The Bertz CT molecular complexity index is 491. The van der Waals surface area contributed by atoms with Crippen LogP contribution in [-0.2, 0) is 0 Å².